The largest absolute Gasteiger partial charge is 0.304 e. The quantitative estimate of drug-likeness (QED) is 0.400. The Hall–Kier alpha value is -0.590. The second-order valence-electron chi connectivity index (χ2n) is 4.17. The van der Waals surface area contributed by atoms with Gasteiger partial charge in [-0.25, -0.2) is 0 Å². The molecule has 0 fully saturated rings. The maximum Gasteiger partial charge on any atom is 0.116 e. The number of rotatable bonds is 0. The second-order valence-corrected chi connectivity index (χ2v) is 4.17. The molecule has 0 amide bonds. The fourth-order valence-corrected chi connectivity index (χ4v) is 1.62. The van der Waals surface area contributed by atoms with Crippen molar-refractivity contribution in [1.29, 1.82) is 0 Å². The predicted molar refractivity (Wildman–Crippen MR) is 53.1 cm³/mol. The smallest absolute Gasteiger partial charge is 0.116 e. The van der Waals surface area contributed by atoms with Crippen LogP contribution in [0.15, 0.2) is 11.6 Å². The highest BCUT2D eigenvalue weighted by Gasteiger charge is 2.20. The van der Waals surface area contributed by atoms with Gasteiger partial charge in [0.15, 0.2) is 0 Å². The normalized spacial score (nSPS) is 20.2. The van der Waals surface area contributed by atoms with Crippen LogP contribution < -0.4 is 0 Å². The Kier molecular flexibility index (Phi) is 4.87. The Morgan fingerprint density at radius 3 is 2.25 bits per heavy atom. The van der Waals surface area contributed by atoms with Gasteiger partial charge >= 0.3 is 0 Å². The third-order valence-electron chi connectivity index (χ3n) is 2.07. The van der Waals surface area contributed by atoms with Gasteiger partial charge in [0.05, 0.1) is 0 Å². The Labute approximate surface area is 75.9 Å². The van der Waals surface area contributed by atoms with Crippen molar-refractivity contribution in [3.05, 3.63) is 11.6 Å². The topological polar surface area (TPSA) is 17.1 Å². The van der Waals surface area contributed by atoms with Crippen molar-refractivity contribution >= 4 is 6.29 Å². The first-order valence-corrected chi connectivity index (χ1v) is 4.57. The monoisotopic (exact) mass is 168 g/mol. The molecule has 0 bridgehead atoms. The van der Waals surface area contributed by atoms with E-state index in [2.05, 4.69) is 26.8 Å². The van der Waals surface area contributed by atoms with E-state index in [0.717, 1.165) is 6.29 Å². The van der Waals surface area contributed by atoms with Gasteiger partial charge in [0.25, 0.3) is 0 Å². The zero-order valence-electron chi connectivity index (χ0n) is 8.68. The molecule has 0 heterocycles. The highest BCUT2D eigenvalue weighted by molar-refractivity contribution is 5.44. The van der Waals surface area contributed by atoms with Crippen LogP contribution in [0.5, 0.6) is 0 Å². The van der Waals surface area contributed by atoms with E-state index in [1.807, 2.05) is 0 Å². The van der Waals surface area contributed by atoms with Crippen molar-refractivity contribution in [2.45, 2.75) is 47.0 Å². The molecule has 0 saturated heterocycles. The summed E-state index contributed by atoms with van der Waals surface area (Å²) in [6.45, 7) is 8.38. The minimum atomic E-state index is 0.582. The Balaban J connectivity index is 0.000000354. The van der Waals surface area contributed by atoms with Gasteiger partial charge < -0.3 is 4.79 Å². The van der Waals surface area contributed by atoms with Crippen molar-refractivity contribution in [3.8, 4) is 0 Å². The lowest BCUT2D eigenvalue weighted by atomic mass is 9.78. The number of carbonyl (C=O) groups is 1. The second kappa shape index (κ2) is 5.13. The highest BCUT2D eigenvalue weighted by atomic mass is 16.1. The molecule has 0 radical (unpaired) electrons. The Morgan fingerprint density at radius 2 is 2.00 bits per heavy atom. The van der Waals surface area contributed by atoms with Gasteiger partial charge in [-0.2, -0.15) is 0 Å². The lowest BCUT2D eigenvalue weighted by molar-refractivity contribution is -0.106. The van der Waals surface area contributed by atoms with Crippen LogP contribution >= 0.6 is 0 Å². The fourth-order valence-electron chi connectivity index (χ4n) is 1.62. The fraction of sp³-hybridized carbons (Fsp3) is 0.727. The van der Waals surface area contributed by atoms with Gasteiger partial charge in [-0.1, -0.05) is 25.5 Å². The summed E-state index contributed by atoms with van der Waals surface area (Å²) in [5.41, 5.74) is 2.16. The van der Waals surface area contributed by atoms with Gasteiger partial charge in [0.2, 0.25) is 0 Å². The van der Waals surface area contributed by atoms with Crippen LogP contribution in [-0.2, 0) is 4.79 Å². The SMILES string of the molecule is CC1=CCCC(C)(C)C1.CC=O. The number of aldehydes is 1. The summed E-state index contributed by atoms with van der Waals surface area (Å²) in [6.07, 6.45) is 7.07. The molecule has 0 aromatic carbocycles. The summed E-state index contributed by atoms with van der Waals surface area (Å²) in [5, 5.41) is 0. The maximum atomic E-state index is 8.81. The van der Waals surface area contributed by atoms with E-state index in [1.54, 1.807) is 5.57 Å². The van der Waals surface area contributed by atoms with Gasteiger partial charge in [-0.05, 0) is 38.5 Å². The highest BCUT2D eigenvalue weighted by Crippen LogP contribution is 2.34. The maximum absolute atomic E-state index is 8.81. The standard InChI is InChI=1S/C9H16.C2H4O/c1-8-5-4-6-9(2,3)7-8;1-2-3/h5H,4,6-7H2,1-3H3;2H,1H3. The van der Waals surface area contributed by atoms with Gasteiger partial charge in [-0.15, -0.1) is 0 Å². The Bertz CT molecular complexity index is 166. The summed E-state index contributed by atoms with van der Waals surface area (Å²) in [7, 11) is 0. The Morgan fingerprint density at radius 1 is 1.50 bits per heavy atom. The van der Waals surface area contributed by atoms with Gasteiger partial charge in [0, 0.05) is 0 Å². The molecule has 0 unspecified atom stereocenters. The van der Waals surface area contributed by atoms with Crippen LogP contribution in [0.2, 0.25) is 0 Å². The van der Waals surface area contributed by atoms with Crippen molar-refractivity contribution in [3.63, 3.8) is 0 Å². The zero-order chi connectivity index (χ0) is 9.61. The summed E-state index contributed by atoms with van der Waals surface area (Å²) in [6, 6.07) is 0. The molecule has 0 aromatic heterocycles. The summed E-state index contributed by atoms with van der Waals surface area (Å²) in [5.74, 6) is 0. The molecule has 1 aliphatic rings. The molecule has 1 rings (SSSR count). The van der Waals surface area contributed by atoms with E-state index in [0.29, 0.717) is 5.41 Å². The van der Waals surface area contributed by atoms with Crippen LogP contribution in [0, 0.1) is 5.41 Å². The molecule has 0 N–H and O–H groups in total. The van der Waals surface area contributed by atoms with E-state index in [-0.39, 0.29) is 0 Å². The lowest BCUT2D eigenvalue weighted by Crippen LogP contribution is -2.14. The van der Waals surface area contributed by atoms with E-state index in [4.69, 9.17) is 4.79 Å². The third-order valence-corrected chi connectivity index (χ3v) is 2.07. The van der Waals surface area contributed by atoms with Gasteiger partial charge in [0.1, 0.15) is 6.29 Å². The average molecular weight is 168 g/mol. The van der Waals surface area contributed by atoms with E-state index in [1.165, 1.54) is 26.2 Å². The number of hydrogen-bond acceptors (Lipinski definition) is 1. The minimum absolute atomic E-state index is 0.582. The molecule has 1 nitrogen and oxygen atoms in total. The molecule has 1 aliphatic carbocycles. The third kappa shape index (κ3) is 5.11. The number of carbonyl (C=O) groups excluding carboxylic acids is 1. The minimum Gasteiger partial charge on any atom is -0.304 e. The molecule has 0 spiro atoms. The summed E-state index contributed by atoms with van der Waals surface area (Å²) < 4.78 is 0. The van der Waals surface area contributed by atoms with E-state index < -0.39 is 0 Å². The lowest BCUT2D eigenvalue weighted by Gasteiger charge is -2.28. The average Bonchev–Trinajstić information content (AvgIpc) is 1.85. The molecule has 0 aliphatic heterocycles. The molecular formula is C11H20O. The molecular weight excluding hydrogens is 148 g/mol. The number of hydrogen-bond donors (Lipinski definition) is 0. The predicted octanol–water partition coefficient (Wildman–Crippen LogP) is 3.35. The molecule has 70 valence electrons. The van der Waals surface area contributed by atoms with E-state index in [9.17, 15) is 0 Å². The van der Waals surface area contributed by atoms with Crippen molar-refractivity contribution in [1.82, 2.24) is 0 Å². The molecule has 1 heteroatoms. The first-order valence-electron chi connectivity index (χ1n) is 4.57. The molecule has 12 heavy (non-hydrogen) atoms. The zero-order valence-corrected chi connectivity index (χ0v) is 8.68. The van der Waals surface area contributed by atoms with E-state index >= 15 is 0 Å². The summed E-state index contributed by atoms with van der Waals surface area (Å²) in [4.78, 5) is 8.81. The van der Waals surface area contributed by atoms with Crippen molar-refractivity contribution < 1.29 is 4.79 Å². The first-order chi connectivity index (χ1) is 5.52. The first kappa shape index (κ1) is 11.4. The summed E-state index contributed by atoms with van der Waals surface area (Å²) >= 11 is 0. The number of allylic oxidation sites excluding steroid dienone is 2. The van der Waals surface area contributed by atoms with Crippen LogP contribution in [-0.4, -0.2) is 6.29 Å². The van der Waals surface area contributed by atoms with Crippen LogP contribution in [0.25, 0.3) is 0 Å². The van der Waals surface area contributed by atoms with Crippen LogP contribution in [0.1, 0.15) is 47.0 Å². The van der Waals surface area contributed by atoms with Gasteiger partial charge in [-0.3, -0.25) is 0 Å². The van der Waals surface area contributed by atoms with Crippen LogP contribution in [0.4, 0.5) is 0 Å². The molecule has 0 atom stereocenters. The van der Waals surface area contributed by atoms with Crippen molar-refractivity contribution in [2.75, 3.05) is 0 Å². The van der Waals surface area contributed by atoms with Crippen LogP contribution in [0.3, 0.4) is 0 Å². The molecule has 0 saturated carbocycles. The van der Waals surface area contributed by atoms with Crippen molar-refractivity contribution in [2.24, 2.45) is 5.41 Å². The molecule has 0 aromatic rings.